The summed E-state index contributed by atoms with van der Waals surface area (Å²) in [5, 5.41) is 6.67. The van der Waals surface area contributed by atoms with Crippen LogP contribution < -0.4 is 5.32 Å². The van der Waals surface area contributed by atoms with E-state index in [1.807, 2.05) is 35.0 Å². The minimum Gasteiger partial charge on any atom is -0.352 e. The molecular weight excluding hydrogens is 218 g/mol. The smallest absolute Gasteiger partial charge is 0.252 e. The van der Waals surface area contributed by atoms with Gasteiger partial charge in [0.05, 0.1) is 0 Å². The molecule has 0 unspecified atom stereocenters. The van der Waals surface area contributed by atoms with Gasteiger partial charge in [0.2, 0.25) is 0 Å². The first-order valence-corrected chi connectivity index (χ1v) is 6.15. The average molecular weight is 231 g/mol. The van der Waals surface area contributed by atoms with Gasteiger partial charge in [-0.15, -0.1) is 0 Å². The summed E-state index contributed by atoms with van der Waals surface area (Å²) in [7, 11) is 0. The van der Waals surface area contributed by atoms with Crippen molar-refractivity contribution in [1.29, 1.82) is 0 Å². The van der Waals surface area contributed by atoms with Gasteiger partial charge in [-0.25, -0.2) is 0 Å². The first-order chi connectivity index (χ1) is 7.86. The fraction of sp³-hybridized carbons (Fsp3) is 0.154. The van der Waals surface area contributed by atoms with Crippen molar-refractivity contribution in [1.82, 2.24) is 5.32 Å². The zero-order chi connectivity index (χ0) is 11.2. The minimum atomic E-state index is 0.0113. The van der Waals surface area contributed by atoms with Gasteiger partial charge < -0.3 is 5.32 Å². The molecule has 0 atom stereocenters. The van der Waals surface area contributed by atoms with Crippen LogP contribution in [0.15, 0.2) is 47.2 Å². The van der Waals surface area contributed by atoms with E-state index in [-0.39, 0.29) is 5.91 Å². The van der Waals surface area contributed by atoms with Gasteiger partial charge in [0, 0.05) is 17.5 Å². The van der Waals surface area contributed by atoms with Crippen molar-refractivity contribution in [3.05, 3.63) is 58.3 Å². The lowest BCUT2D eigenvalue weighted by Crippen LogP contribution is -2.25. The van der Waals surface area contributed by atoms with Crippen LogP contribution in [0.5, 0.6) is 0 Å². The Balaban J connectivity index is 1.79. The third-order valence-corrected chi connectivity index (χ3v) is 3.01. The predicted octanol–water partition coefficient (Wildman–Crippen LogP) is 2.72. The molecule has 0 aliphatic heterocycles. The van der Waals surface area contributed by atoms with Gasteiger partial charge in [0.1, 0.15) is 0 Å². The van der Waals surface area contributed by atoms with Crippen LogP contribution in [0.4, 0.5) is 0 Å². The van der Waals surface area contributed by atoms with Crippen molar-refractivity contribution in [2.24, 2.45) is 0 Å². The maximum Gasteiger partial charge on any atom is 0.252 e. The Morgan fingerprint density at radius 3 is 2.69 bits per heavy atom. The van der Waals surface area contributed by atoms with Crippen molar-refractivity contribution in [3.63, 3.8) is 0 Å². The molecule has 0 saturated carbocycles. The first kappa shape index (κ1) is 10.9. The Morgan fingerprint density at radius 1 is 1.19 bits per heavy atom. The number of benzene rings is 1. The van der Waals surface area contributed by atoms with Gasteiger partial charge in [0.25, 0.3) is 5.91 Å². The average Bonchev–Trinajstić information content (AvgIpc) is 2.84. The van der Waals surface area contributed by atoms with E-state index in [9.17, 15) is 4.79 Å². The molecule has 2 aromatic rings. The SMILES string of the molecule is O=C(NCCc1ccccc1)c1ccsc1. The van der Waals surface area contributed by atoms with Gasteiger partial charge >= 0.3 is 0 Å². The molecular formula is C13H13NOS. The Kier molecular flexibility index (Phi) is 3.72. The topological polar surface area (TPSA) is 29.1 Å². The van der Waals surface area contributed by atoms with Gasteiger partial charge in [-0.1, -0.05) is 30.3 Å². The van der Waals surface area contributed by atoms with Gasteiger partial charge in [-0.05, 0) is 23.4 Å². The van der Waals surface area contributed by atoms with Crippen LogP contribution in [0.25, 0.3) is 0 Å². The second kappa shape index (κ2) is 5.47. The summed E-state index contributed by atoms with van der Waals surface area (Å²) in [5.74, 6) is 0.0113. The van der Waals surface area contributed by atoms with Crippen molar-refractivity contribution < 1.29 is 4.79 Å². The fourth-order valence-electron chi connectivity index (χ4n) is 1.46. The van der Waals surface area contributed by atoms with Crippen molar-refractivity contribution in [2.75, 3.05) is 6.54 Å². The standard InChI is InChI=1S/C13H13NOS/c15-13(12-7-9-16-10-12)14-8-6-11-4-2-1-3-5-11/h1-5,7,9-10H,6,8H2,(H,14,15). The molecule has 0 fully saturated rings. The molecule has 2 nitrogen and oxygen atoms in total. The van der Waals surface area contributed by atoms with E-state index in [2.05, 4.69) is 17.4 Å². The molecule has 1 aromatic heterocycles. The Labute approximate surface area is 98.9 Å². The van der Waals surface area contributed by atoms with Crippen LogP contribution in [-0.4, -0.2) is 12.5 Å². The number of hydrogen-bond donors (Lipinski definition) is 1. The molecule has 0 aliphatic rings. The first-order valence-electron chi connectivity index (χ1n) is 5.20. The number of hydrogen-bond acceptors (Lipinski definition) is 2. The molecule has 82 valence electrons. The monoisotopic (exact) mass is 231 g/mol. The lowest BCUT2D eigenvalue weighted by molar-refractivity contribution is 0.0954. The maximum atomic E-state index is 11.6. The zero-order valence-corrected chi connectivity index (χ0v) is 9.67. The molecule has 0 saturated heterocycles. The summed E-state index contributed by atoms with van der Waals surface area (Å²) in [6.45, 7) is 0.679. The number of nitrogens with one attached hydrogen (secondary N) is 1. The minimum absolute atomic E-state index is 0.0113. The molecule has 0 radical (unpaired) electrons. The number of rotatable bonds is 4. The van der Waals surface area contributed by atoms with E-state index >= 15 is 0 Å². The Hall–Kier alpha value is -1.61. The highest BCUT2D eigenvalue weighted by atomic mass is 32.1. The molecule has 1 aromatic carbocycles. The molecule has 1 heterocycles. The molecule has 3 heteroatoms. The van der Waals surface area contributed by atoms with E-state index in [4.69, 9.17) is 0 Å². The van der Waals surface area contributed by atoms with Gasteiger partial charge in [0.15, 0.2) is 0 Å². The van der Waals surface area contributed by atoms with Crippen molar-refractivity contribution in [2.45, 2.75) is 6.42 Å². The summed E-state index contributed by atoms with van der Waals surface area (Å²) in [5.41, 5.74) is 1.99. The number of carbonyl (C=O) groups is 1. The highest BCUT2D eigenvalue weighted by Gasteiger charge is 2.03. The molecule has 1 amide bonds. The molecule has 1 N–H and O–H groups in total. The van der Waals surface area contributed by atoms with Crippen LogP contribution in [0, 0.1) is 0 Å². The van der Waals surface area contributed by atoms with Crippen molar-refractivity contribution in [3.8, 4) is 0 Å². The largest absolute Gasteiger partial charge is 0.352 e. The quantitative estimate of drug-likeness (QED) is 0.861. The van der Waals surface area contributed by atoms with E-state index in [1.54, 1.807) is 0 Å². The molecule has 16 heavy (non-hydrogen) atoms. The van der Waals surface area contributed by atoms with E-state index in [1.165, 1.54) is 16.9 Å². The summed E-state index contributed by atoms with van der Waals surface area (Å²) >= 11 is 1.54. The van der Waals surface area contributed by atoms with E-state index in [0.717, 1.165) is 12.0 Å². The molecule has 0 spiro atoms. The van der Waals surface area contributed by atoms with Crippen LogP contribution >= 0.6 is 11.3 Å². The van der Waals surface area contributed by atoms with E-state index in [0.29, 0.717) is 6.54 Å². The predicted molar refractivity (Wildman–Crippen MR) is 66.8 cm³/mol. The third kappa shape index (κ3) is 2.94. The third-order valence-electron chi connectivity index (χ3n) is 2.33. The highest BCUT2D eigenvalue weighted by Crippen LogP contribution is 2.05. The van der Waals surface area contributed by atoms with Gasteiger partial charge in [-0.3, -0.25) is 4.79 Å². The van der Waals surface area contributed by atoms with Crippen LogP contribution in [0.1, 0.15) is 15.9 Å². The summed E-state index contributed by atoms with van der Waals surface area (Å²) in [6.07, 6.45) is 0.872. The van der Waals surface area contributed by atoms with Gasteiger partial charge in [-0.2, -0.15) is 11.3 Å². The number of carbonyl (C=O) groups excluding carboxylic acids is 1. The lowest BCUT2D eigenvalue weighted by Gasteiger charge is -2.03. The normalized spacial score (nSPS) is 10.0. The fourth-order valence-corrected chi connectivity index (χ4v) is 2.10. The summed E-state index contributed by atoms with van der Waals surface area (Å²) in [6, 6.07) is 12.0. The molecule has 0 bridgehead atoms. The zero-order valence-electron chi connectivity index (χ0n) is 8.85. The summed E-state index contributed by atoms with van der Waals surface area (Å²) in [4.78, 5) is 11.6. The second-order valence-electron chi connectivity index (χ2n) is 3.50. The molecule has 2 rings (SSSR count). The molecule has 0 aliphatic carbocycles. The number of amides is 1. The van der Waals surface area contributed by atoms with E-state index < -0.39 is 0 Å². The Morgan fingerprint density at radius 2 is 2.00 bits per heavy atom. The lowest BCUT2D eigenvalue weighted by atomic mass is 10.1. The van der Waals surface area contributed by atoms with Crippen LogP contribution in [-0.2, 0) is 6.42 Å². The number of thiophene rings is 1. The van der Waals surface area contributed by atoms with Crippen LogP contribution in [0.2, 0.25) is 0 Å². The summed E-state index contributed by atoms with van der Waals surface area (Å²) < 4.78 is 0. The Bertz CT molecular complexity index is 436. The second-order valence-corrected chi connectivity index (χ2v) is 4.28. The maximum absolute atomic E-state index is 11.6. The van der Waals surface area contributed by atoms with Crippen LogP contribution in [0.3, 0.4) is 0 Å². The highest BCUT2D eigenvalue weighted by molar-refractivity contribution is 7.08. The van der Waals surface area contributed by atoms with Crippen molar-refractivity contribution >= 4 is 17.2 Å².